The molecular formula is C15H23NO3. The van der Waals surface area contributed by atoms with E-state index in [1.54, 1.807) is 14.0 Å². The number of hydrogen-bond acceptors (Lipinski definition) is 3. The monoisotopic (exact) mass is 265 g/mol. The Morgan fingerprint density at radius 2 is 2.16 bits per heavy atom. The summed E-state index contributed by atoms with van der Waals surface area (Å²) in [5.41, 5.74) is 1.05. The van der Waals surface area contributed by atoms with E-state index >= 15 is 0 Å². The molecule has 0 radical (unpaired) electrons. The Hall–Kier alpha value is -1.55. The van der Waals surface area contributed by atoms with Gasteiger partial charge in [0.2, 0.25) is 5.91 Å². The second-order valence-electron chi connectivity index (χ2n) is 4.10. The fraction of sp³-hybridized carbons (Fsp3) is 0.533. The first-order chi connectivity index (χ1) is 9.20. The van der Waals surface area contributed by atoms with E-state index in [0.29, 0.717) is 19.7 Å². The first-order valence-corrected chi connectivity index (χ1v) is 6.72. The molecule has 1 aliphatic rings. The van der Waals surface area contributed by atoms with Crippen LogP contribution in [0.5, 0.6) is 5.75 Å². The van der Waals surface area contributed by atoms with Gasteiger partial charge in [-0.15, -0.1) is 0 Å². The highest BCUT2D eigenvalue weighted by atomic mass is 16.5. The zero-order valence-corrected chi connectivity index (χ0v) is 12.2. The number of nitrogens with zero attached hydrogens (tertiary/aromatic N) is 1. The average molecular weight is 265 g/mol. The summed E-state index contributed by atoms with van der Waals surface area (Å²) in [5.74, 6) is 0.909. The summed E-state index contributed by atoms with van der Waals surface area (Å²) in [6.45, 7) is 7.47. The van der Waals surface area contributed by atoms with Gasteiger partial charge in [-0.3, -0.25) is 4.79 Å². The SMILES string of the molecule is CC.COc1cccc(C2CN(C(C)=O)CCO2)c1. The van der Waals surface area contributed by atoms with E-state index in [9.17, 15) is 4.79 Å². The molecule has 0 spiro atoms. The predicted molar refractivity (Wildman–Crippen MR) is 75.3 cm³/mol. The molecule has 1 saturated heterocycles. The molecule has 1 amide bonds. The van der Waals surface area contributed by atoms with Gasteiger partial charge in [0.25, 0.3) is 0 Å². The maximum Gasteiger partial charge on any atom is 0.219 e. The van der Waals surface area contributed by atoms with Crippen molar-refractivity contribution >= 4 is 5.91 Å². The van der Waals surface area contributed by atoms with Crippen LogP contribution in [-0.2, 0) is 9.53 Å². The number of morpholine rings is 1. The number of amides is 1. The molecular weight excluding hydrogens is 242 g/mol. The standard InChI is InChI=1S/C13H17NO3.C2H6/c1-10(15)14-6-7-17-13(9-14)11-4-3-5-12(8-11)16-2;1-2/h3-5,8,13H,6-7,9H2,1-2H3;1-2H3. The fourth-order valence-electron chi connectivity index (χ4n) is 1.98. The number of ether oxygens (including phenoxy) is 2. The van der Waals surface area contributed by atoms with Gasteiger partial charge < -0.3 is 14.4 Å². The van der Waals surface area contributed by atoms with Crippen molar-refractivity contribution in [3.63, 3.8) is 0 Å². The van der Waals surface area contributed by atoms with Gasteiger partial charge in [-0.2, -0.15) is 0 Å². The second-order valence-corrected chi connectivity index (χ2v) is 4.10. The molecule has 1 aromatic carbocycles. The third-order valence-corrected chi connectivity index (χ3v) is 2.98. The van der Waals surface area contributed by atoms with Crippen molar-refractivity contribution < 1.29 is 14.3 Å². The summed E-state index contributed by atoms with van der Waals surface area (Å²) in [6, 6.07) is 7.78. The molecule has 1 unspecified atom stereocenters. The first-order valence-electron chi connectivity index (χ1n) is 6.72. The quantitative estimate of drug-likeness (QED) is 0.825. The Morgan fingerprint density at radius 3 is 2.79 bits per heavy atom. The van der Waals surface area contributed by atoms with E-state index in [2.05, 4.69) is 0 Å². The van der Waals surface area contributed by atoms with Crippen molar-refractivity contribution in [1.82, 2.24) is 4.90 Å². The molecule has 1 aliphatic heterocycles. The molecule has 106 valence electrons. The minimum Gasteiger partial charge on any atom is -0.497 e. The van der Waals surface area contributed by atoms with Crippen molar-refractivity contribution in [1.29, 1.82) is 0 Å². The highest BCUT2D eigenvalue weighted by Crippen LogP contribution is 2.25. The molecule has 0 bridgehead atoms. The molecule has 4 nitrogen and oxygen atoms in total. The maximum atomic E-state index is 11.3. The summed E-state index contributed by atoms with van der Waals surface area (Å²) < 4.78 is 10.9. The smallest absolute Gasteiger partial charge is 0.219 e. The number of carbonyl (C=O) groups excluding carboxylic acids is 1. The number of methoxy groups -OCH3 is 1. The summed E-state index contributed by atoms with van der Waals surface area (Å²) in [6.07, 6.45) is -0.0530. The molecule has 2 rings (SSSR count). The Balaban J connectivity index is 0.000000861. The van der Waals surface area contributed by atoms with E-state index in [1.165, 1.54) is 0 Å². The molecule has 19 heavy (non-hydrogen) atoms. The van der Waals surface area contributed by atoms with Crippen LogP contribution in [0.4, 0.5) is 0 Å². The van der Waals surface area contributed by atoms with Gasteiger partial charge in [0.05, 0.1) is 20.3 Å². The van der Waals surface area contributed by atoms with Crippen LogP contribution in [0.2, 0.25) is 0 Å². The van der Waals surface area contributed by atoms with Crippen LogP contribution in [0, 0.1) is 0 Å². The van der Waals surface area contributed by atoms with E-state index in [-0.39, 0.29) is 12.0 Å². The molecule has 1 heterocycles. The molecule has 1 aromatic rings. The van der Waals surface area contributed by atoms with Crippen molar-refractivity contribution in [2.24, 2.45) is 0 Å². The van der Waals surface area contributed by atoms with Gasteiger partial charge in [-0.1, -0.05) is 26.0 Å². The van der Waals surface area contributed by atoms with Crippen LogP contribution in [0.1, 0.15) is 32.4 Å². The second kappa shape index (κ2) is 7.79. The topological polar surface area (TPSA) is 38.8 Å². The minimum atomic E-state index is -0.0530. The van der Waals surface area contributed by atoms with Crippen molar-refractivity contribution in [3.05, 3.63) is 29.8 Å². The molecule has 0 N–H and O–H groups in total. The van der Waals surface area contributed by atoms with Gasteiger partial charge in [-0.25, -0.2) is 0 Å². The molecule has 0 aliphatic carbocycles. The lowest BCUT2D eigenvalue weighted by Crippen LogP contribution is -2.41. The largest absolute Gasteiger partial charge is 0.497 e. The lowest BCUT2D eigenvalue weighted by Gasteiger charge is -2.32. The maximum absolute atomic E-state index is 11.3. The molecule has 1 fully saturated rings. The first kappa shape index (κ1) is 15.5. The number of rotatable bonds is 2. The lowest BCUT2D eigenvalue weighted by molar-refractivity contribution is -0.136. The summed E-state index contributed by atoms with van der Waals surface area (Å²) in [5, 5.41) is 0. The summed E-state index contributed by atoms with van der Waals surface area (Å²) in [7, 11) is 1.64. The lowest BCUT2D eigenvalue weighted by atomic mass is 10.1. The highest BCUT2D eigenvalue weighted by Gasteiger charge is 2.23. The van der Waals surface area contributed by atoms with Crippen LogP contribution in [0.25, 0.3) is 0 Å². The van der Waals surface area contributed by atoms with Gasteiger partial charge in [0.1, 0.15) is 11.9 Å². The highest BCUT2D eigenvalue weighted by molar-refractivity contribution is 5.73. The molecule has 0 saturated carbocycles. The normalized spacial score (nSPS) is 18.3. The summed E-state index contributed by atoms with van der Waals surface area (Å²) in [4.78, 5) is 13.2. The number of carbonyl (C=O) groups is 1. The van der Waals surface area contributed by atoms with Crippen LogP contribution in [-0.4, -0.2) is 37.6 Å². The van der Waals surface area contributed by atoms with Crippen LogP contribution in [0.3, 0.4) is 0 Å². The Bertz CT molecular complexity index is 406. The van der Waals surface area contributed by atoms with Crippen LogP contribution < -0.4 is 4.74 Å². The minimum absolute atomic E-state index is 0.0530. The van der Waals surface area contributed by atoms with Crippen LogP contribution >= 0.6 is 0 Å². The van der Waals surface area contributed by atoms with Gasteiger partial charge >= 0.3 is 0 Å². The van der Waals surface area contributed by atoms with E-state index in [4.69, 9.17) is 9.47 Å². The van der Waals surface area contributed by atoms with Crippen molar-refractivity contribution in [2.75, 3.05) is 26.8 Å². The zero-order valence-electron chi connectivity index (χ0n) is 12.2. The Labute approximate surface area is 115 Å². The summed E-state index contributed by atoms with van der Waals surface area (Å²) >= 11 is 0. The molecule has 4 heteroatoms. The average Bonchev–Trinajstić information content (AvgIpc) is 2.49. The Morgan fingerprint density at radius 1 is 1.42 bits per heavy atom. The van der Waals surface area contributed by atoms with Gasteiger partial charge in [0, 0.05) is 13.5 Å². The van der Waals surface area contributed by atoms with E-state index < -0.39 is 0 Å². The zero-order chi connectivity index (χ0) is 14.3. The number of benzene rings is 1. The Kier molecular flexibility index (Phi) is 6.36. The van der Waals surface area contributed by atoms with Crippen molar-refractivity contribution in [3.8, 4) is 5.75 Å². The van der Waals surface area contributed by atoms with Crippen molar-refractivity contribution in [2.45, 2.75) is 26.9 Å². The van der Waals surface area contributed by atoms with Gasteiger partial charge in [-0.05, 0) is 17.7 Å². The molecule has 1 atom stereocenters. The third kappa shape index (κ3) is 4.24. The van der Waals surface area contributed by atoms with Crippen LogP contribution in [0.15, 0.2) is 24.3 Å². The van der Waals surface area contributed by atoms with Gasteiger partial charge in [0.15, 0.2) is 0 Å². The third-order valence-electron chi connectivity index (χ3n) is 2.98. The van der Waals surface area contributed by atoms with E-state index in [1.807, 2.05) is 43.0 Å². The predicted octanol–water partition coefficient (Wildman–Crippen LogP) is 2.64. The van der Waals surface area contributed by atoms with E-state index in [0.717, 1.165) is 11.3 Å². The molecule has 0 aromatic heterocycles. The number of hydrogen-bond donors (Lipinski definition) is 0. The fourth-order valence-corrected chi connectivity index (χ4v) is 1.98.